The summed E-state index contributed by atoms with van der Waals surface area (Å²) in [6.45, 7) is 13.3. The molecule has 0 N–H and O–H groups in total. The topological polar surface area (TPSA) is 52.7 Å². The fourth-order valence-corrected chi connectivity index (χ4v) is 7.37. The summed E-state index contributed by atoms with van der Waals surface area (Å²) in [5.74, 6) is 0.770. The molecule has 2 aromatic heterocycles. The van der Waals surface area contributed by atoms with Crippen molar-refractivity contribution in [1.82, 2.24) is 19.1 Å². The largest absolute Gasteiger partial charge is 0.305 e. The highest BCUT2D eigenvalue weighted by molar-refractivity contribution is 7.85. The minimum Gasteiger partial charge on any atom is -0.305 e. The standard InChI is InChI=1S/C40H42N4OS/c1-7-29-13-9-14-30(8-2)39(29)43-23-37(41-25-43)31-15-10-17-33(21-31)46(45)34-18-11-16-32(22-34)38-24-44(26-42-38)40-35(27(3)4)19-12-20-36(40)28(5)6/h9-28H,7-8H2,1-6H3. The second kappa shape index (κ2) is 13.4. The van der Waals surface area contributed by atoms with Gasteiger partial charge in [0.05, 0.1) is 46.2 Å². The Morgan fingerprint density at radius 2 is 1.04 bits per heavy atom. The first kappa shape index (κ1) is 31.4. The van der Waals surface area contributed by atoms with E-state index in [1.54, 1.807) is 0 Å². The van der Waals surface area contributed by atoms with E-state index in [-0.39, 0.29) is 0 Å². The molecule has 6 rings (SSSR count). The molecule has 5 nitrogen and oxygen atoms in total. The summed E-state index contributed by atoms with van der Waals surface area (Å²) in [6.07, 6.45) is 9.86. The molecule has 0 amide bonds. The quantitative estimate of drug-likeness (QED) is 0.152. The number of aromatic nitrogens is 4. The van der Waals surface area contributed by atoms with Crippen molar-refractivity contribution in [2.45, 2.75) is 76.0 Å². The zero-order chi connectivity index (χ0) is 32.4. The molecule has 0 bridgehead atoms. The lowest BCUT2D eigenvalue weighted by molar-refractivity contribution is 0.683. The monoisotopic (exact) mass is 626 g/mol. The SMILES string of the molecule is CCc1cccc(CC)c1-n1cnc(-c2cccc(S(=O)c3cccc(-c4cn(-c5c(C(C)C)cccc5C(C)C)cn4)c3)c2)c1. The van der Waals surface area contributed by atoms with Crippen molar-refractivity contribution in [2.24, 2.45) is 0 Å². The van der Waals surface area contributed by atoms with Gasteiger partial charge in [-0.15, -0.1) is 0 Å². The predicted molar refractivity (Wildman–Crippen MR) is 190 cm³/mol. The molecule has 0 spiro atoms. The third-order valence-electron chi connectivity index (χ3n) is 8.68. The van der Waals surface area contributed by atoms with E-state index in [4.69, 9.17) is 9.97 Å². The van der Waals surface area contributed by atoms with Crippen LogP contribution in [0.25, 0.3) is 33.9 Å². The second-order valence-electron chi connectivity index (χ2n) is 12.4. The molecule has 0 aliphatic carbocycles. The third kappa shape index (κ3) is 6.14. The summed E-state index contributed by atoms with van der Waals surface area (Å²) in [5.41, 5.74) is 11.2. The van der Waals surface area contributed by atoms with Gasteiger partial charge in [0.25, 0.3) is 0 Å². The Morgan fingerprint density at radius 3 is 1.50 bits per heavy atom. The van der Waals surface area contributed by atoms with Crippen LogP contribution in [0.5, 0.6) is 0 Å². The van der Waals surface area contributed by atoms with Gasteiger partial charge in [-0.25, -0.2) is 14.2 Å². The first-order valence-electron chi connectivity index (χ1n) is 16.2. The summed E-state index contributed by atoms with van der Waals surface area (Å²) in [6, 6.07) is 28.9. The Bertz CT molecular complexity index is 1970. The van der Waals surface area contributed by atoms with Crippen LogP contribution < -0.4 is 0 Å². The molecule has 234 valence electrons. The Kier molecular flexibility index (Phi) is 9.18. The van der Waals surface area contributed by atoms with E-state index in [2.05, 4.69) is 99.5 Å². The minimum absolute atomic E-state index is 0.385. The van der Waals surface area contributed by atoms with E-state index in [0.29, 0.717) is 11.8 Å². The van der Waals surface area contributed by atoms with Gasteiger partial charge in [-0.1, -0.05) is 102 Å². The fraction of sp³-hybridized carbons (Fsp3) is 0.250. The molecule has 0 saturated carbocycles. The number of hydrogen-bond donors (Lipinski definition) is 0. The smallest absolute Gasteiger partial charge is 0.0999 e. The van der Waals surface area contributed by atoms with Gasteiger partial charge in [0, 0.05) is 33.3 Å². The van der Waals surface area contributed by atoms with Crippen molar-refractivity contribution in [3.05, 3.63) is 132 Å². The van der Waals surface area contributed by atoms with Crippen molar-refractivity contribution in [2.75, 3.05) is 0 Å². The van der Waals surface area contributed by atoms with Gasteiger partial charge in [0.2, 0.25) is 0 Å². The normalized spacial score (nSPS) is 12.3. The summed E-state index contributed by atoms with van der Waals surface area (Å²) in [4.78, 5) is 11.0. The minimum atomic E-state index is -1.37. The maximum Gasteiger partial charge on any atom is 0.0999 e. The van der Waals surface area contributed by atoms with Gasteiger partial charge in [-0.2, -0.15) is 0 Å². The van der Waals surface area contributed by atoms with Gasteiger partial charge < -0.3 is 9.13 Å². The predicted octanol–water partition coefficient (Wildman–Crippen LogP) is 9.93. The van der Waals surface area contributed by atoms with Gasteiger partial charge >= 0.3 is 0 Å². The summed E-state index contributed by atoms with van der Waals surface area (Å²) < 4.78 is 18.2. The van der Waals surface area contributed by atoms with Crippen molar-refractivity contribution in [3.63, 3.8) is 0 Å². The molecule has 6 aromatic rings. The van der Waals surface area contributed by atoms with Crippen LogP contribution >= 0.6 is 0 Å². The first-order valence-corrected chi connectivity index (χ1v) is 17.4. The fourth-order valence-electron chi connectivity index (χ4n) is 6.22. The van der Waals surface area contributed by atoms with E-state index in [1.165, 1.54) is 33.6 Å². The van der Waals surface area contributed by atoms with Crippen LogP contribution in [-0.2, 0) is 23.6 Å². The lowest BCUT2D eigenvalue weighted by atomic mass is 9.92. The Hall–Kier alpha value is -4.55. The number of para-hydroxylation sites is 2. The molecule has 0 aliphatic rings. The average Bonchev–Trinajstić information content (AvgIpc) is 3.78. The number of imidazole rings is 2. The van der Waals surface area contributed by atoms with Gasteiger partial charge in [0.15, 0.2) is 0 Å². The van der Waals surface area contributed by atoms with E-state index in [1.807, 2.05) is 61.2 Å². The molecular weight excluding hydrogens is 585 g/mol. The highest BCUT2D eigenvalue weighted by Crippen LogP contribution is 2.33. The van der Waals surface area contributed by atoms with Crippen LogP contribution in [0.4, 0.5) is 0 Å². The molecule has 0 saturated heterocycles. The average molecular weight is 627 g/mol. The number of benzene rings is 4. The van der Waals surface area contributed by atoms with Crippen LogP contribution in [0.3, 0.4) is 0 Å². The number of rotatable bonds is 10. The summed E-state index contributed by atoms with van der Waals surface area (Å²) in [5, 5.41) is 0. The summed E-state index contributed by atoms with van der Waals surface area (Å²) >= 11 is 0. The zero-order valence-corrected chi connectivity index (χ0v) is 28.4. The van der Waals surface area contributed by atoms with E-state index in [0.717, 1.165) is 45.1 Å². The van der Waals surface area contributed by atoms with Crippen molar-refractivity contribution < 1.29 is 4.21 Å². The molecule has 0 radical (unpaired) electrons. The molecule has 6 heteroatoms. The van der Waals surface area contributed by atoms with Crippen LogP contribution in [0.2, 0.25) is 0 Å². The molecule has 1 unspecified atom stereocenters. The Morgan fingerprint density at radius 1 is 0.609 bits per heavy atom. The number of nitrogens with zero attached hydrogens (tertiary/aromatic N) is 4. The van der Waals surface area contributed by atoms with Crippen molar-refractivity contribution >= 4 is 10.8 Å². The molecule has 46 heavy (non-hydrogen) atoms. The molecule has 4 aromatic carbocycles. The molecule has 1 atom stereocenters. The van der Waals surface area contributed by atoms with Crippen molar-refractivity contribution in [1.29, 1.82) is 0 Å². The number of aryl methyl sites for hydroxylation is 2. The molecular formula is C40H42N4OS. The first-order chi connectivity index (χ1) is 22.3. The Balaban J connectivity index is 1.29. The third-order valence-corrected chi connectivity index (χ3v) is 10.0. The molecule has 0 fully saturated rings. The van der Waals surface area contributed by atoms with Crippen LogP contribution in [0.1, 0.15) is 75.6 Å². The van der Waals surface area contributed by atoms with E-state index < -0.39 is 10.8 Å². The van der Waals surface area contributed by atoms with E-state index >= 15 is 0 Å². The molecule has 0 aliphatic heterocycles. The lowest BCUT2D eigenvalue weighted by Crippen LogP contribution is -2.05. The maximum absolute atomic E-state index is 13.9. The maximum atomic E-state index is 13.9. The van der Waals surface area contributed by atoms with Gasteiger partial charge in [-0.3, -0.25) is 0 Å². The summed E-state index contributed by atoms with van der Waals surface area (Å²) in [7, 11) is -1.37. The van der Waals surface area contributed by atoms with E-state index in [9.17, 15) is 4.21 Å². The highest BCUT2D eigenvalue weighted by atomic mass is 32.2. The lowest BCUT2D eigenvalue weighted by Gasteiger charge is -2.20. The van der Waals surface area contributed by atoms with Crippen LogP contribution in [0.15, 0.2) is 120 Å². The van der Waals surface area contributed by atoms with Gasteiger partial charge in [-0.05, 0) is 71.2 Å². The second-order valence-corrected chi connectivity index (χ2v) is 13.9. The number of hydrogen-bond acceptors (Lipinski definition) is 3. The van der Waals surface area contributed by atoms with Crippen LogP contribution in [-0.4, -0.2) is 23.3 Å². The van der Waals surface area contributed by atoms with Crippen molar-refractivity contribution in [3.8, 4) is 33.9 Å². The molecule has 2 heterocycles. The highest BCUT2D eigenvalue weighted by Gasteiger charge is 2.18. The Labute approximate surface area is 275 Å². The van der Waals surface area contributed by atoms with Gasteiger partial charge in [0.1, 0.15) is 0 Å². The zero-order valence-electron chi connectivity index (χ0n) is 27.6. The van der Waals surface area contributed by atoms with Crippen LogP contribution in [0, 0.1) is 0 Å².